The molecule has 1 saturated carbocycles. The average molecular weight is 279 g/mol. The first-order chi connectivity index (χ1) is 9.69. The Kier molecular flexibility index (Phi) is 5.68. The van der Waals surface area contributed by atoms with Crippen LogP contribution in [0.5, 0.6) is 11.5 Å². The van der Waals surface area contributed by atoms with Crippen LogP contribution in [0, 0.1) is 0 Å². The van der Waals surface area contributed by atoms with Gasteiger partial charge in [0.2, 0.25) is 0 Å². The van der Waals surface area contributed by atoms with Crippen molar-refractivity contribution in [1.29, 1.82) is 0 Å². The van der Waals surface area contributed by atoms with E-state index in [1.54, 1.807) is 0 Å². The second-order valence-electron chi connectivity index (χ2n) is 5.39. The molecule has 0 spiro atoms. The molecule has 0 radical (unpaired) electrons. The van der Waals surface area contributed by atoms with Gasteiger partial charge in [-0.1, -0.05) is 6.42 Å². The van der Waals surface area contributed by atoms with E-state index in [0.29, 0.717) is 25.8 Å². The third-order valence-electron chi connectivity index (χ3n) is 3.77. The highest BCUT2D eigenvalue weighted by Gasteiger charge is 2.23. The predicted octanol–water partition coefficient (Wildman–Crippen LogP) is 2.31. The van der Waals surface area contributed by atoms with Gasteiger partial charge in [0.1, 0.15) is 24.2 Å². The van der Waals surface area contributed by atoms with Crippen LogP contribution in [0.3, 0.4) is 0 Å². The Bertz CT molecular complexity index is 389. The maximum atomic E-state index is 10.00. The molecule has 2 rings (SSSR count). The number of nitrogens with zero attached hydrogens (tertiary/aromatic N) is 1. The normalized spacial score (nSPS) is 16.8. The van der Waals surface area contributed by atoms with Crippen molar-refractivity contribution in [3.63, 3.8) is 0 Å². The number of benzene rings is 1. The molecular weight excluding hydrogens is 254 g/mol. The minimum atomic E-state index is -0.452. The van der Waals surface area contributed by atoms with Gasteiger partial charge >= 0.3 is 0 Å². The average Bonchev–Trinajstić information content (AvgIpc) is 2.36. The first-order valence-electron chi connectivity index (χ1n) is 7.43. The molecule has 1 aromatic carbocycles. The molecule has 0 bridgehead atoms. The summed E-state index contributed by atoms with van der Waals surface area (Å²) in [6, 6.07) is 8.15. The van der Waals surface area contributed by atoms with Crippen LogP contribution in [0.1, 0.15) is 26.2 Å². The monoisotopic (exact) mass is 279 g/mol. The number of hydrogen-bond acceptors (Lipinski definition) is 4. The van der Waals surface area contributed by atoms with Crippen LogP contribution < -0.4 is 9.47 Å². The first-order valence-corrected chi connectivity index (χ1v) is 7.43. The molecule has 0 heterocycles. The van der Waals surface area contributed by atoms with E-state index in [1.807, 2.05) is 31.2 Å². The van der Waals surface area contributed by atoms with Gasteiger partial charge in [0, 0.05) is 12.6 Å². The predicted molar refractivity (Wildman–Crippen MR) is 79.4 cm³/mol. The fourth-order valence-electron chi connectivity index (χ4n) is 2.35. The summed E-state index contributed by atoms with van der Waals surface area (Å²) in [5.41, 5.74) is 0. The van der Waals surface area contributed by atoms with Crippen LogP contribution in [-0.2, 0) is 0 Å². The largest absolute Gasteiger partial charge is 0.494 e. The van der Waals surface area contributed by atoms with Crippen molar-refractivity contribution in [3.05, 3.63) is 24.3 Å². The lowest BCUT2D eigenvalue weighted by molar-refractivity contribution is 0.0476. The topological polar surface area (TPSA) is 41.9 Å². The summed E-state index contributed by atoms with van der Waals surface area (Å²) in [5, 5.41) is 10.00. The molecule has 0 amide bonds. The van der Waals surface area contributed by atoms with Gasteiger partial charge in [0.25, 0.3) is 0 Å². The van der Waals surface area contributed by atoms with Crippen LogP contribution >= 0.6 is 0 Å². The first kappa shape index (κ1) is 15.1. The molecule has 1 atom stereocenters. The summed E-state index contributed by atoms with van der Waals surface area (Å²) in [6.45, 7) is 3.61. The lowest BCUT2D eigenvalue weighted by Crippen LogP contribution is -2.42. The van der Waals surface area contributed by atoms with Crippen molar-refractivity contribution in [2.75, 3.05) is 26.8 Å². The van der Waals surface area contributed by atoms with E-state index in [-0.39, 0.29) is 0 Å². The van der Waals surface area contributed by atoms with E-state index in [1.165, 1.54) is 19.3 Å². The zero-order valence-corrected chi connectivity index (χ0v) is 12.4. The number of aliphatic hydroxyl groups excluding tert-OH is 1. The minimum absolute atomic E-state index is 0.324. The molecule has 1 aliphatic rings. The smallest absolute Gasteiger partial charge is 0.119 e. The number of hydrogen-bond donors (Lipinski definition) is 1. The van der Waals surface area contributed by atoms with Gasteiger partial charge in [0.05, 0.1) is 6.61 Å². The second kappa shape index (κ2) is 7.50. The van der Waals surface area contributed by atoms with E-state index in [0.717, 1.165) is 11.5 Å². The van der Waals surface area contributed by atoms with Crippen molar-refractivity contribution in [2.45, 2.75) is 38.3 Å². The standard InChI is InChI=1S/C16H25NO3/c1-3-19-15-7-9-16(10-8-15)20-12-14(18)11-17(2)13-5-4-6-13/h7-10,13-14,18H,3-6,11-12H2,1-2H3. The molecule has 1 aliphatic carbocycles. The Hall–Kier alpha value is -1.26. The van der Waals surface area contributed by atoms with E-state index < -0.39 is 6.10 Å². The number of likely N-dealkylation sites (N-methyl/N-ethyl adjacent to an activating group) is 1. The number of ether oxygens (including phenoxy) is 2. The molecule has 0 aliphatic heterocycles. The third-order valence-corrected chi connectivity index (χ3v) is 3.77. The van der Waals surface area contributed by atoms with Gasteiger partial charge < -0.3 is 19.5 Å². The van der Waals surface area contributed by atoms with E-state index >= 15 is 0 Å². The Balaban J connectivity index is 1.70. The maximum absolute atomic E-state index is 10.00. The molecule has 4 nitrogen and oxygen atoms in total. The number of aliphatic hydroxyl groups is 1. The van der Waals surface area contributed by atoms with Crippen molar-refractivity contribution in [3.8, 4) is 11.5 Å². The van der Waals surface area contributed by atoms with E-state index in [9.17, 15) is 5.11 Å². The minimum Gasteiger partial charge on any atom is -0.494 e. The summed E-state index contributed by atoms with van der Waals surface area (Å²) in [6.07, 6.45) is 3.37. The van der Waals surface area contributed by atoms with Crippen LogP contribution in [0.2, 0.25) is 0 Å². The summed E-state index contributed by atoms with van der Waals surface area (Å²) < 4.78 is 11.0. The van der Waals surface area contributed by atoms with Crippen LogP contribution in [0.4, 0.5) is 0 Å². The molecule has 0 saturated heterocycles. The second-order valence-corrected chi connectivity index (χ2v) is 5.39. The van der Waals surface area contributed by atoms with Crippen molar-refractivity contribution in [2.24, 2.45) is 0 Å². The molecule has 1 unspecified atom stereocenters. The third kappa shape index (κ3) is 4.39. The lowest BCUT2D eigenvalue weighted by Gasteiger charge is -2.35. The fraction of sp³-hybridized carbons (Fsp3) is 0.625. The maximum Gasteiger partial charge on any atom is 0.119 e. The number of rotatable bonds is 8. The molecule has 20 heavy (non-hydrogen) atoms. The SMILES string of the molecule is CCOc1ccc(OCC(O)CN(C)C2CCC2)cc1. The molecule has 1 aromatic rings. The molecule has 1 fully saturated rings. The van der Waals surface area contributed by atoms with Gasteiger partial charge in [-0.3, -0.25) is 0 Å². The van der Waals surface area contributed by atoms with Gasteiger partial charge in [-0.25, -0.2) is 0 Å². The highest BCUT2D eigenvalue weighted by atomic mass is 16.5. The zero-order valence-electron chi connectivity index (χ0n) is 12.4. The Morgan fingerprint density at radius 2 is 1.80 bits per heavy atom. The molecule has 4 heteroatoms. The van der Waals surface area contributed by atoms with Crippen LogP contribution in [-0.4, -0.2) is 49.0 Å². The van der Waals surface area contributed by atoms with Crippen LogP contribution in [0.15, 0.2) is 24.3 Å². The van der Waals surface area contributed by atoms with E-state index in [2.05, 4.69) is 11.9 Å². The quantitative estimate of drug-likeness (QED) is 0.793. The van der Waals surface area contributed by atoms with Gasteiger partial charge in [-0.2, -0.15) is 0 Å². The highest BCUT2D eigenvalue weighted by Crippen LogP contribution is 2.23. The Morgan fingerprint density at radius 1 is 1.20 bits per heavy atom. The van der Waals surface area contributed by atoms with Gasteiger partial charge in [-0.05, 0) is 51.1 Å². The summed E-state index contributed by atoms with van der Waals surface area (Å²) in [7, 11) is 2.07. The summed E-state index contributed by atoms with van der Waals surface area (Å²) >= 11 is 0. The fourth-order valence-corrected chi connectivity index (χ4v) is 2.35. The lowest BCUT2D eigenvalue weighted by atomic mass is 9.92. The molecule has 0 aromatic heterocycles. The highest BCUT2D eigenvalue weighted by molar-refractivity contribution is 5.31. The van der Waals surface area contributed by atoms with Gasteiger partial charge in [-0.15, -0.1) is 0 Å². The van der Waals surface area contributed by atoms with Crippen molar-refractivity contribution < 1.29 is 14.6 Å². The molecular formula is C16H25NO3. The van der Waals surface area contributed by atoms with Crippen LogP contribution in [0.25, 0.3) is 0 Å². The van der Waals surface area contributed by atoms with E-state index in [4.69, 9.17) is 9.47 Å². The summed E-state index contributed by atoms with van der Waals surface area (Å²) in [4.78, 5) is 2.23. The zero-order chi connectivity index (χ0) is 14.4. The molecule has 1 N–H and O–H groups in total. The van der Waals surface area contributed by atoms with Gasteiger partial charge in [0.15, 0.2) is 0 Å². The molecule has 112 valence electrons. The Morgan fingerprint density at radius 3 is 2.30 bits per heavy atom. The summed E-state index contributed by atoms with van der Waals surface area (Å²) in [5.74, 6) is 1.60. The van der Waals surface area contributed by atoms with Crippen molar-refractivity contribution in [1.82, 2.24) is 4.90 Å². The van der Waals surface area contributed by atoms with Crippen molar-refractivity contribution >= 4 is 0 Å². The Labute approximate surface area is 121 Å².